The highest BCUT2D eigenvalue weighted by atomic mass is 19.1. The Morgan fingerprint density at radius 1 is 1.00 bits per heavy atom. The molecule has 2 fully saturated rings. The van der Waals surface area contributed by atoms with Crippen LogP contribution in [0.4, 0.5) is 10.1 Å². The fraction of sp³-hybridized carbons (Fsp3) is 0.483. The number of likely N-dealkylation sites (tertiary alicyclic amines) is 1. The summed E-state index contributed by atoms with van der Waals surface area (Å²) in [5.41, 5.74) is 3.21. The van der Waals surface area contributed by atoms with E-state index in [0.29, 0.717) is 18.3 Å². The van der Waals surface area contributed by atoms with Crippen molar-refractivity contribution in [2.24, 2.45) is 5.92 Å². The Morgan fingerprint density at radius 3 is 2.53 bits per heavy atom. The number of amides is 1. The molecule has 180 valence electrons. The van der Waals surface area contributed by atoms with Gasteiger partial charge in [0, 0.05) is 42.3 Å². The highest BCUT2D eigenvalue weighted by Gasteiger charge is 2.25. The van der Waals surface area contributed by atoms with Gasteiger partial charge < -0.3 is 14.8 Å². The van der Waals surface area contributed by atoms with Crippen molar-refractivity contribution in [2.75, 3.05) is 31.1 Å². The molecule has 5 heteroatoms. The van der Waals surface area contributed by atoms with Gasteiger partial charge >= 0.3 is 0 Å². The van der Waals surface area contributed by atoms with E-state index in [1.165, 1.54) is 37.7 Å². The third-order valence-electron chi connectivity index (χ3n) is 7.90. The number of carbonyl (C=O) groups is 1. The Bertz CT molecular complexity index is 1080. The van der Waals surface area contributed by atoms with Crippen LogP contribution >= 0.6 is 0 Å². The quantitative estimate of drug-likeness (QED) is 0.437. The van der Waals surface area contributed by atoms with Gasteiger partial charge in [0.2, 0.25) is 5.91 Å². The van der Waals surface area contributed by atoms with Gasteiger partial charge in [-0.1, -0.05) is 37.5 Å². The van der Waals surface area contributed by atoms with Crippen LogP contribution in [0.5, 0.6) is 0 Å². The fourth-order valence-corrected chi connectivity index (χ4v) is 5.92. The van der Waals surface area contributed by atoms with Crippen LogP contribution in [0, 0.1) is 11.7 Å². The van der Waals surface area contributed by atoms with E-state index in [1.807, 2.05) is 29.2 Å². The molecule has 3 aromatic rings. The summed E-state index contributed by atoms with van der Waals surface area (Å²) in [5, 5.41) is 1.14. The molecule has 5 rings (SSSR count). The molecule has 1 amide bonds. The molecule has 0 radical (unpaired) electrons. The molecular weight excluding hydrogens is 425 g/mol. The van der Waals surface area contributed by atoms with Gasteiger partial charge in [-0.05, 0) is 86.5 Å². The topological polar surface area (TPSA) is 39.3 Å². The molecule has 2 aliphatic rings. The van der Waals surface area contributed by atoms with Gasteiger partial charge in [-0.15, -0.1) is 0 Å². The molecule has 2 aromatic carbocycles. The number of para-hydroxylation sites is 1. The Kier molecular flexibility index (Phi) is 7.29. The molecule has 1 saturated carbocycles. The van der Waals surface area contributed by atoms with Gasteiger partial charge in [-0.2, -0.15) is 0 Å². The van der Waals surface area contributed by atoms with E-state index < -0.39 is 0 Å². The minimum absolute atomic E-state index is 0.197. The summed E-state index contributed by atoms with van der Waals surface area (Å²) in [5.74, 6) is 1.12. The second-order valence-corrected chi connectivity index (χ2v) is 10.1. The number of rotatable bonds is 7. The fourth-order valence-electron chi connectivity index (χ4n) is 5.92. The molecule has 34 heavy (non-hydrogen) atoms. The van der Waals surface area contributed by atoms with Crippen molar-refractivity contribution in [1.82, 2.24) is 9.88 Å². The lowest BCUT2D eigenvalue weighted by Gasteiger charge is -2.34. The standard InChI is InChI=1S/C29H36FN3O/c30-24-11-12-26-27(21-31-28(26)20-24)23-13-15-32(16-14-23)17-18-33(25-9-5-2-6-10-25)29(34)19-22-7-3-1-4-8-22/h2,5-6,9-12,20-23,31H,1,3-4,7-8,13-19H2. The lowest BCUT2D eigenvalue weighted by atomic mass is 9.86. The molecule has 0 bridgehead atoms. The number of nitrogens with one attached hydrogen (secondary N) is 1. The number of hydrogen-bond acceptors (Lipinski definition) is 2. The zero-order valence-electron chi connectivity index (χ0n) is 20.0. The molecule has 4 nitrogen and oxygen atoms in total. The summed E-state index contributed by atoms with van der Waals surface area (Å²) in [4.78, 5) is 21.1. The van der Waals surface area contributed by atoms with Gasteiger partial charge in [0.25, 0.3) is 0 Å². The Balaban J connectivity index is 1.19. The SMILES string of the molecule is O=C(CC1CCCCC1)N(CCN1CCC(c2c[nH]c3cc(F)ccc23)CC1)c1ccccc1. The summed E-state index contributed by atoms with van der Waals surface area (Å²) in [6, 6.07) is 15.2. The van der Waals surface area contributed by atoms with Crippen molar-refractivity contribution in [3.05, 3.63) is 66.1 Å². The van der Waals surface area contributed by atoms with E-state index >= 15 is 0 Å². The average molecular weight is 462 g/mol. The van der Waals surface area contributed by atoms with Crippen molar-refractivity contribution < 1.29 is 9.18 Å². The number of carbonyl (C=O) groups excluding carboxylic acids is 1. The molecule has 0 unspecified atom stereocenters. The Hall–Kier alpha value is -2.66. The van der Waals surface area contributed by atoms with E-state index in [4.69, 9.17) is 0 Å². The number of H-pyrrole nitrogens is 1. The summed E-state index contributed by atoms with van der Waals surface area (Å²) in [7, 11) is 0. The average Bonchev–Trinajstić information content (AvgIpc) is 3.29. The molecule has 1 saturated heterocycles. The largest absolute Gasteiger partial charge is 0.361 e. The van der Waals surface area contributed by atoms with Gasteiger partial charge in [0.15, 0.2) is 0 Å². The van der Waals surface area contributed by atoms with Crippen molar-refractivity contribution in [1.29, 1.82) is 0 Å². The number of aromatic amines is 1. The Labute approximate surface area is 202 Å². The van der Waals surface area contributed by atoms with E-state index in [9.17, 15) is 9.18 Å². The monoisotopic (exact) mass is 461 g/mol. The number of hydrogen-bond donors (Lipinski definition) is 1. The normalized spacial score (nSPS) is 18.4. The first-order valence-corrected chi connectivity index (χ1v) is 13.0. The first-order valence-electron chi connectivity index (χ1n) is 13.0. The number of benzene rings is 2. The Morgan fingerprint density at radius 2 is 1.76 bits per heavy atom. The maximum Gasteiger partial charge on any atom is 0.227 e. The van der Waals surface area contributed by atoms with Crippen LogP contribution in [0.3, 0.4) is 0 Å². The lowest BCUT2D eigenvalue weighted by Crippen LogP contribution is -2.42. The second kappa shape index (κ2) is 10.7. The molecule has 2 heterocycles. The van der Waals surface area contributed by atoms with E-state index in [2.05, 4.69) is 28.2 Å². The highest BCUT2D eigenvalue weighted by Crippen LogP contribution is 2.33. The molecule has 1 aliphatic heterocycles. The van der Waals surface area contributed by atoms with Gasteiger partial charge in [-0.25, -0.2) is 4.39 Å². The highest BCUT2D eigenvalue weighted by molar-refractivity contribution is 5.93. The van der Waals surface area contributed by atoms with Crippen molar-refractivity contribution in [2.45, 2.75) is 57.3 Å². The summed E-state index contributed by atoms with van der Waals surface area (Å²) >= 11 is 0. The van der Waals surface area contributed by atoms with Crippen LogP contribution in [0.2, 0.25) is 0 Å². The first-order chi connectivity index (χ1) is 16.7. The smallest absolute Gasteiger partial charge is 0.227 e. The molecular formula is C29H36FN3O. The molecule has 0 spiro atoms. The number of nitrogens with zero attached hydrogens (tertiary/aromatic N) is 2. The molecule has 1 aliphatic carbocycles. The zero-order valence-corrected chi connectivity index (χ0v) is 20.0. The van der Waals surface area contributed by atoms with Crippen LogP contribution < -0.4 is 4.90 Å². The maximum absolute atomic E-state index is 13.5. The van der Waals surface area contributed by atoms with Crippen molar-refractivity contribution in [3.8, 4) is 0 Å². The van der Waals surface area contributed by atoms with E-state index in [-0.39, 0.29) is 11.7 Å². The van der Waals surface area contributed by atoms with Gasteiger partial charge in [0.05, 0.1) is 0 Å². The van der Waals surface area contributed by atoms with Gasteiger partial charge in [-0.3, -0.25) is 4.79 Å². The number of aromatic nitrogens is 1. The third-order valence-corrected chi connectivity index (χ3v) is 7.90. The minimum atomic E-state index is -0.197. The molecule has 0 atom stereocenters. The van der Waals surface area contributed by atoms with Crippen LogP contribution in [0.25, 0.3) is 10.9 Å². The maximum atomic E-state index is 13.5. The van der Waals surface area contributed by atoms with Crippen LogP contribution in [0.1, 0.15) is 62.8 Å². The van der Waals surface area contributed by atoms with Crippen LogP contribution in [-0.4, -0.2) is 42.0 Å². The van der Waals surface area contributed by atoms with E-state index in [1.54, 1.807) is 12.1 Å². The second-order valence-electron chi connectivity index (χ2n) is 10.1. The predicted octanol–water partition coefficient (Wildman–Crippen LogP) is 6.49. The lowest BCUT2D eigenvalue weighted by molar-refractivity contribution is -0.119. The number of fused-ring (bicyclic) bond motifs is 1. The predicted molar refractivity (Wildman–Crippen MR) is 137 cm³/mol. The zero-order chi connectivity index (χ0) is 23.3. The van der Waals surface area contributed by atoms with Crippen LogP contribution in [0.15, 0.2) is 54.7 Å². The number of piperidine rings is 1. The van der Waals surface area contributed by atoms with Gasteiger partial charge in [0.1, 0.15) is 5.82 Å². The van der Waals surface area contributed by atoms with Crippen molar-refractivity contribution >= 4 is 22.5 Å². The number of halogens is 1. The minimum Gasteiger partial charge on any atom is -0.361 e. The molecule has 1 aromatic heterocycles. The van der Waals surface area contributed by atoms with E-state index in [0.717, 1.165) is 55.6 Å². The summed E-state index contributed by atoms with van der Waals surface area (Å²) in [6.45, 7) is 3.69. The summed E-state index contributed by atoms with van der Waals surface area (Å²) in [6.07, 6.45) is 11.2. The first kappa shape index (κ1) is 23.1. The third kappa shape index (κ3) is 5.35. The van der Waals surface area contributed by atoms with Crippen molar-refractivity contribution in [3.63, 3.8) is 0 Å². The number of anilines is 1. The molecule has 1 N–H and O–H groups in total. The summed E-state index contributed by atoms with van der Waals surface area (Å²) < 4.78 is 13.5. The van der Waals surface area contributed by atoms with Crippen LogP contribution in [-0.2, 0) is 4.79 Å².